The number of carbonyl (C=O) groups excluding carboxylic acids is 1. The SMILES string of the molecule is O=C1CCC2CCCC1O2. The summed E-state index contributed by atoms with van der Waals surface area (Å²) in [5, 5.41) is 0. The second-order valence-electron chi connectivity index (χ2n) is 3.18. The number of ether oxygens (including phenoxy) is 1. The van der Waals surface area contributed by atoms with Gasteiger partial charge in [-0.05, 0) is 25.7 Å². The van der Waals surface area contributed by atoms with E-state index in [-0.39, 0.29) is 6.10 Å². The molecule has 0 aromatic heterocycles. The highest BCUT2D eigenvalue weighted by atomic mass is 16.5. The van der Waals surface area contributed by atoms with Crippen molar-refractivity contribution in [2.75, 3.05) is 0 Å². The van der Waals surface area contributed by atoms with Gasteiger partial charge in [0, 0.05) is 6.42 Å². The first-order valence-corrected chi connectivity index (χ1v) is 4.04. The van der Waals surface area contributed by atoms with E-state index < -0.39 is 0 Å². The maximum absolute atomic E-state index is 11.1. The molecule has 2 heteroatoms. The van der Waals surface area contributed by atoms with Crippen LogP contribution in [0.4, 0.5) is 0 Å². The summed E-state index contributed by atoms with van der Waals surface area (Å²) in [4.78, 5) is 11.1. The summed E-state index contributed by atoms with van der Waals surface area (Å²) < 4.78 is 5.48. The monoisotopic (exact) mass is 140 g/mol. The number of fused-ring (bicyclic) bond motifs is 2. The van der Waals surface area contributed by atoms with Gasteiger partial charge in [-0.3, -0.25) is 4.79 Å². The zero-order chi connectivity index (χ0) is 6.97. The lowest BCUT2D eigenvalue weighted by Gasteiger charge is -2.33. The van der Waals surface area contributed by atoms with Gasteiger partial charge in [0.15, 0.2) is 5.78 Å². The van der Waals surface area contributed by atoms with Crippen molar-refractivity contribution in [3.05, 3.63) is 0 Å². The Bertz CT molecular complexity index is 153. The largest absolute Gasteiger partial charge is 0.367 e. The average Bonchev–Trinajstić information content (AvgIpc) is 1.99. The predicted molar refractivity (Wildman–Crippen MR) is 36.8 cm³/mol. The van der Waals surface area contributed by atoms with Crippen LogP contribution in [0.15, 0.2) is 0 Å². The van der Waals surface area contributed by atoms with Gasteiger partial charge in [-0.15, -0.1) is 0 Å². The Morgan fingerprint density at radius 3 is 3.00 bits per heavy atom. The van der Waals surface area contributed by atoms with Crippen LogP contribution in [-0.4, -0.2) is 18.0 Å². The lowest BCUT2D eigenvalue weighted by Crippen LogP contribution is -2.38. The Kier molecular flexibility index (Phi) is 1.49. The van der Waals surface area contributed by atoms with E-state index in [1.54, 1.807) is 0 Å². The van der Waals surface area contributed by atoms with E-state index in [0.29, 0.717) is 11.9 Å². The molecule has 2 bridgehead atoms. The summed E-state index contributed by atoms with van der Waals surface area (Å²) >= 11 is 0. The highest BCUT2D eigenvalue weighted by molar-refractivity contribution is 5.83. The Labute approximate surface area is 60.6 Å². The lowest BCUT2D eigenvalue weighted by molar-refractivity contribution is -0.148. The Balaban J connectivity index is 2.07. The molecule has 2 heterocycles. The molecule has 0 radical (unpaired) electrons. The Hall–Kier alpha value is -0.370. The summed E-state index contributed by atoms with van der Waals surface area (Å²) in [5.41, 5.74) is 0. The number of rotatable bonds is 0. The Morgan fingerprint density at radius 1 is 1.30 bits per heavy atom. The molecule has 0 aliphatic carbocycles. The summed E-state index contributed by atoms with van der Waals surface area (Å²) in [5.74, 6) is 0.330. The summed E-state index contributed by atoms with van der Waals surface area (Å²) in [6.45, 7) is 0. The molecule has 2 rings (SSSR count). The molecule has 2 atom stereocenters. The molecule has 2 fully saturated rings. The van der Waals surface area contributed by atoms with Crippen LogP contribution in [0.25, 0.3) is 0 Å². The minimum absolute atomic E-state index is 0.0208. The van der Waals surface area contributed by atoms with Gasteiger partial charge in [0.1, 0.15) is 6.10 Å². The molecule has 2 saturated heterocycles. The Morgan fingerprint density at radius 2 is 2.20 bits per heavy atom. The van der Waals surface area contributed by atoms with Crippen LogP contribution in [0.2, 0.25) is 0 Å². The maximum Gasteiger partial charge on any atom is 0.161 e. The second kappa shape index (κ2) is 2.35. The first-order chi connectivity index (χ1) is 4.86. The van der Waals surface area contributed by atoms with Crippen molar-refractivity contribution in [1.29, 1.82) is 0 Å². The summed E-state index contributed by atoms with van der Waals surface area (Å²) in [6.07, 6.45) is 5.44. The van der Waals surface area contributed by atoms with Crippen molar-refractivity contribution in [3.8, 4) is 0 Å². The average molecular weight is 140 g/mol. The zero-order valence-electron chi connectivity index (χ0n) is 6.01. The van der Waals surface area contributed by atoms with Gasteiger partial charge in [-0.1, -0.05) is 0 Å². The highest BCUT2D eigenvalue weighted by Crippen LogP contribution is 2.28. The van der Waals surface area contributed by atoms with Gasteiger partial charge < -0.3 is 4.74 Å². The third-order valence-electron chi connectivity index (χ3n) is 2.42. The number of Topliss-reactive ketones (excluding diaryl/α,β-unsaturated/α-hetero) is 1. The molecule has 0 spiro atoms. The molecule has 10 heavy (non-hydrogen) atoms. The molecular weight excluding hydrogens is 128 g/mol. The van der Waals surface area contributed by atoms with Crippen LogP contribution < -0.4 is 0 Å². The fourth-order valence-corrected chi connectivity index (χ4v) is 1.81. The van der Waals surface area contributed by atoms with Gasteiger partial charge in [0.05, 0.1) is 6.10 Å². The van der Waals surface area contributed by atoms with Crippen LogP contribution in [0, 0.1) is 0 Å². The zero-order valence-corrected chi connectivity index (χ0v) is 6.01. The van der Waals surface area contributed by atoms with Gasteiger partial charge >= 0.3 is 0 Å². The normalized spacial score (nSPS) is 39.8. The summed E-state index contributed by atoms with van der Waals surface area (Å²) in [7, 11) is 0. The molecule has 0 saturated carbocycles. The van der Waals surface area contributed by atoms with Gasteiger partial charge in [0.2, 0.25) is 0 Å². The third kappa shape index (κ3) is 0.966. The van der Waals surface area contributed by atoms with Crippen LogP contribution in [0.1, 0.15) is 32.1 Å². The van der Waals surface area contributed by atoms with E-state index in [1.807, 2.05) is 0 Å². The summed E-state index contributed by atoms with van der Waals surface area (Å²) in [6, 6.07) is 0. The first-order valence-electron chi connectivity index (χ1n) is 4.04. The van der Waals surface area contributed by atoms with Crippen LogP contribution in [-0.2, 0) is 9.53 Å². The molecule has 2 aliphatic heterocycles. The van der Waals surface area contributed by atoms with Gasteiger partial charge in [-0.2, -0.15) is 0 Å². The minimum atomic E-state index is -0.0208. The van der Waals surface area contributed by atoms with Gasteiger partial charge in [0.25, 0.3) is 0 Å². The van der Waals surface area contributed by atoms with Crippen molar-refractivity contribution in [2.24, 2.45) is 0 Å². The van der Waals surface area contributed by atoms with Crippen LogP contribution in [0.3, 0.4) is 0 Å². The van der Waals surface area contributed by atoms with E-state index >= 15 is 0 Å². The first kappa shape index (κ1) is 6.35. The third-order valence-corrected chi connectivity index (χ3v) is 2.42. The van der Waals surface area contributed by atoms with Crippen molar-refractivity contribution in [3.63, 3.8) is 0 Å². The molecule has 0 amide bonds. The fourth-order valence-electron chi connectivity index (χ4n) is 1.81. The van der Waals surface area contributed by atoms with E-state index in [9.17, 15) is 4.79 Å². The lowest BCUT2D eigenvalue weighted by atomic mass is 9.91. The topological polar surface area (TPSA) is 26.3 Å². The van der Waals surface area contributed by atoms with Crippen molar-refractivity contribution < 1.29 is 9.53 Å². The van der Waals surface area contributed by atoms with Crippen LogP contribution in [0.5, 0.6) is 0 Å². The fraction of sp³-hybridized carbons (Fsp3) is 0.875. The molecule has 0 aromatic carbocycles. The molecule has 0 aromatic rings. The van der Waals surface area contributed by atoms with Crippen molar-refractivity contribution in [2.45, 2.75) is 44.3 Å². The van der Waals surface area contributed by atoms with Crippen molar-refractivity contribution in [1.82, 2.24) is 0 Å². The quantitative estimate of drug-likeness (QED) is 0.506. The molecule has 2 unspecified atom stereocenters. The predicted octanol–water partition coefficient (Wildman–Crippen LogP) is 1.29. The molecule has 2 nitrogen and oxygen atoms in total. The van der Waals surface area contributed by atoms with E-state index in [1.165, 1.54) is 12.8 Å². The van der Waals surface area contributed by atoms with Crippen LogP contribution >= 0.6 is 0 Å². The van der Waals surface area contributed by atoms with Crippen molar-refractivity contribution >= 4 is 5.78 Å². The number of ketones is 1. The van der Waals surface area contributed by atoms with Gasteiger partial charge in [-0.25, -0.2) is 0 Å². The molecule has 56 valence electrons. The maximum atomic E-state index is 11.1. The molecular formula is C8H12O2. The molecule has 0 N–H and O–H groups in total. The number of carbonyl (C=O) groups is 1. The number of hydrogen-bond acceptors (Lipinski definition) is 2. The highest BCUT2D eigenvalue weighted by Gasteiger charge is 2.32. The smallest absolute Gasteiger partial charge is 0.161 e. The second-order valence-corrected chi connectivity index (χ2v) is 3.18. The van der Waals surface area contributed by atoms with E-state index in [4.69, 9.17) is 4.74 Å². The molecule has 2 aliphatic rings. The number of hydrogen-bond donors (Lipinski definition) is 0. The van der Waals surface area contributed by atoms with E-state index in [0.717, 1.165) is 19.3 Å². The van der Waals surface area contributed by atoms with E-state index in [2.05, 4.69) is 0 Å². The minimum Gasteiger partial charge on any atom is -0.367 e. The standard InChI is InChI=1S/C8H12O2/c9-7-5-4-6-2-1-3-8(7)10-6/h6,8H,1-5H2.